The van der Waals surface area contributed by atoms with E-state index in [1.807, 2.05) is 25.1 Å². The minimum atomic E-state index is 0.607. The van der Waals surface area contributed by atoms with Gasteiger partial charge < -0.3 is 15.4 Å². The van der Waals surface area contributed by atoms with E-state index in [2.05, 4.69) is 61.3 Å². The van der Waals surface area contributed by atoms with E-state index in [1.165, 1.54) is 5.69 Å². The highest BCUT2D eigenvalue weighted by atomic mass is 79.9. The lowest BCUT2D eigenvalue weighted by Gasteiger charge is -2.12. The highest BCUT2D eigenvalue weighted by molar-refractivity contribution is 9.10. The number of benzene rings is 1. The van der Waals surface area contributed by atoms with Gasteiger partial charge in [0.2, 0.25) is 0 Å². The molecule has 0 aliphatic carbocycles. The fourth-order valence-electron chi connectivity index (χ4n) is 2.66. The van der Waals surface area contributed by atoms with Gasteiger partial charge in [-0.3, -0.25) is 4.68 Å². The number of aliphatic imine (C=N–C) groups is 1. The molecule has 1 heterocycles. The molecule has 0 bridgehead atoms. The van der Waals surface area contributed by atoms with Crippen molar-refractivity contribution in [3.63, 3.8) is 0 Å². The lowest BCUT2D eigenvalue weighted by Crippen LogP contribution is -2.38. The van der Waals surface area contributed by atoms with E-state index in [1.54, 1.807) is 7.11 Å². The molecule has 0 aliphatic rings. The maximum atomic E-state index is 5.26. The summed E-state index contributed by atoms with van der Waals surface area (Å²) in [6.07, 6.45) is 0.987. The van der Waals surface area contributed by atoms with Crippen LogP contribution in [0.1, 0.15) is 30.3 Å². The zero-order chi connectivity index (χ0) is 18.9. The highest BCUT2D eigenvalue weighted by Crippen LogP contribution is 2.25. The number of aryl methyl sites for hydroxylation is 3. The molecule has 2 aromatic rings. The quantitative estimate of drug-likeness (QED) is 0.389. The summed E-state index contributed by atoms with van der Waals surface area (Å²) in [7, 11) is 1.66. The number of hydrogen-bond acceptors (Lipinski definition) is 3. The van der Waals surface area contributed by atoms with Crippen LogP contribution < -0.4 is 15.4 Å². The molecule has 26 heavy (non-hydrogen) atoms. The molecule has 0 aliphatic heterocycles. The van der Waals surface area contributed by atoms with Crippen LogP contribution in [0.5, 0.6) is 5.75 Å². The van der Waals surface area contributed by atoms with Gasteiger partial charge in [-0.05, 0) is 66.9 Å². The molecule has 2 rings (SSSR count). The van der Waals surface area contributed by atoms with Crippen molar-refractivity contribution in [1.29, 1.82) is 0 Å². The SMILES string of the molecule is CCNC(=NCc1ccc(OC)c(Br)c1)NCCCn1nc(C)cc1C. The summed E-state index contributed by atoms with van der Waals surface area (Å²) in [4.78, 5) is 4.66. The second-order valence-electron chi connectivity index (χ2n) is 6.09. The summed E-state index contributed by atoms with van der Waals surface area (Å²) < 4.78 is 8.25. The van der Waals surface area contributed by atoms with Crippen LogP contribution in [0.3, 0.4) is 0 Å². The normalized spacial score (nSPS) is 11.5. The number of nitrogens with one attached hydrogen (secondary N) is 2. The first-order chi connectivity index (χ1) is 12.5. The summed E-state index contributed by atoms with van der Waals surface area (Å²) in [5.74, 6) is 1.65. The Morgan fingerprint density at radius 1 is 1.27 bits per heavy atom. The minimum absolute atomic E-state index is 0.607. The molecule has 0 spiro atoms. The number of ether oxygens (including phenoxy) is 1. The van der Waals surface area contributed by atoms with Crippen LogP contribution >= 0.6 is 15.9 Å². The maximum absolute atomic E-state index is 5.26. The zero-order valence-corrected chi connectivity index (χ0v) is 17.6. The van der Waals surface area contributed by atoms with Crippen LogP contribution in [0.25, 0.3) is 0 Å². The third-order valence-electron chi connectivity index (χ3n) is 3.92. The van der Waals surface area contributed by atoms with Crippen molar-refractivity contribution in [2.45, 2.75) is 40.3 Å². The van der Waals surface area contributed by atoms with Crippen molar-refractivity contribution in [2.75, 3.05) is 20.2 Å². The number of guanidine groups is 1. The monoisotopic (exact) mass is 421 g/mol. The highest BCUT2D eigenvalue weighted by Gasteiger charge is 2.03. The van der Waals surface area contributed by atoms with Crippen LogP contribution in [-0.2, 0) is 13.1 Å². The standard InChI is InChI=1S/C19H28BrN5O/c1-5-21-19(22-9-6-10-25-15(3)11-14(2)24-25)23-13-16-7-8-18(26-4)17(20)12-16/h7-8,11-12H,5-6,9-10,13H2,1-4H3,(H2,21,22,23). The molecular weight excluding hydrogens is 394 g/mol. The van der Waals surface area contributed by atoms with E-state index in [0.29, 0.717) is 6.54 Å². The number of aromatic nitrogens is 2. The van der Waals surface area contributed by atoms with Crippen molar-refractivity contribution >= 4 is 21.9 Å². The number of methoxy groups -OCH3 is 1. The second kappa shape index (κ2) is 10.2. The van der Waals surface area contributed by atoms with Gasteiger partial charge in [-0.15, -0.1) is 0 Å². The van der Waals surface area contributed by atoms with Gasteiger partial charge in [0, 0.05) is 25.3 Å². The summed E-state index contributed by atoms with van der Waals surface area (Å²) in [5, 5.41) is 11.2. The van der Waals surface area contributed by atoms with Crippen LogP contribution in [0.2, 0.25) is 0 Å². The first kappa shape index (κ1) is 20.3. The Labute approximate surface area is 164 Å². The predicted molar refractivity (Wildman–Crippen MR) is 110 cm³/mol. The molecule has 0 amide bonds. The van der Waals surface area contributed by atoms with Gasteiger partial charge in [-0.2, -0.15) is 5.10 Å². The first-order valence-electron chi connectivity index (χ1n) is 8.89. The Kier molecular flexibility index (Phi) is 7.97. The van der Waals surface area contributed by atoms with E-state index in [9.17, 15) is 0 Å². The van der Waals surface area contributed by atoms with Crippen molar-refractivity contribution in [2.24, 2.45) is 4.99 Å². The Bertz CT molecular complexity index is 742. The fraction of sp³-hybridized carbons (Fsp3) is 0.474. The van der Waals surface area contributed by atoms with Crippen molar-refractivity contribution in [3.8, 4) is 5.75 Å². The number of halogens is 1. The molecule has 7 heteroatoms. The number of hydrogen-bond donors (Lipinski definition) is 2. The first-order valence-corrected chi connectivity index (χ1v) is 9.68. The molecule has 0 unspecified atom stereocenters. The molecule has 0 saturated heterocycles. The molecule has 1 aromatic carbocycles. The average molecular weight is 422 g/mol. The van der Waals surface area contributed by atoms with Crippen molar-refractivity contribution in [1.82, 2.24) is 20.4 Å². The lowest BCUT2D eigenvalue weighted by molar-refractivity contribution is 0.412. The zero-order valence-electron chi connectivity index (χ0n) is 16.0. The van der Waals surface area contributed by atoms with Gasteiger partial charge in [-0.1, -0.05) is 6.07 Å². The Morgan fingerprint density at radius 3 is 2.69 bits per heavy atom. The Morgan fingerprint density at radius 2 is 2.08 bits per heavy atom. The van der Waals surface area contributed by atoms with E-state index in [0.717, 1.165) is 53.5 Å². The smallest absolute Gasteiger partial charge is 0.191 e. The van der Waals surface area contributed by atoms with Crippen LogP contribution in [0.15, 0.2) is 33.7 Å². The third-order valence-corrected chi connectivity index (χ3v) is 4.54. The number of nitrogens with zero attached hydrogens (tertiary/aromatic N) is 3. The largest absolute Gasteiger partial charge is 0.496 e. The molecule has 142 valence electrons. The summed E-state index contributed by atoms with van der Waals surface area (Å²) in [6.45, 7) is 9.36. The fourth-order valence-corrected chi connectivity index (χ4v) is 3.25. The van der Waals surface area contributed by atoms with E-state index >= 15 is 0 Å². The van der Waals surface area contributed by atoms with Crippen LogP contribution in [0, 0.1) is 13.8 Å². The molecule has 0 radical (unpaired) electrons. The topological polar surface area (TPSA) is 63.5 Å². The van der Waals surface area contributed by atoms with E-state index < -0.39 is 0 Å². The van der Waals surface area contributed by atoms with Gasteiger partial charge in [0.25, 0.3) is 0 Å². The molecule has 6 nitrogen and oxygen atoms in total. The minimum Gasteiger partial charge on any atom is -0.496 e. The third kappa shape index (κ3) is 6.05. The Balaban J connectivity index is 1.86. The van der Waals surface area contributed by atoms with Gasteiger partial charge in [0.1, 0.15) is 5.75 Å². The maximum Gasteiger partial charge on any atom is 0.191 e. The molecule has 1 aromatic heterocycles. The summed E-state index contributed by atoms with van der Waals surface area (Å²) in [5.41, 5.74) is 3.39. The van der Waals surface area contributed by atoms with Gasteiger partial charge >= 0.3 is 0 Å². The van der Waals surface area contributed by atoms with Gasteiger partial charge in [-0.25, -0.2) is 4.99 Å². The molecular formula is C19H28BrN5O. The van der Waals surface area contributed by atoms with Crippen molar-refractivity contribution in [3.05, 3.63) is 45.7 Å². The number of rotatable bonds is 8. The summed E-state index contributed by atoms with van der Waals surface area (Å²) in [6, 6.07) is 8.11. The van der Waals surface area contributed by atoms with Crippen LogP contribution in [0.4, 0.5) is 0 Å². The van der Waals surface area contributed by atoms with E-state index in [4.69, 9.17) is 4.74 Å². The Hall–Kier alpha value is -2.02. The van der Waals surface area contributed by atoms with Gasteiger partial charge in [0.15, 0.2) is 5.96 Å². The molecule has 2 N–H and O–H groups in total. The van der Waals surface area contributed by atoms with Crippen LogP contribution in [-0.4, -0.2) is 35.9 Å². The summed E-state index contributed by atoms with van der Waals surface area (Å²) >= 11 is 3.51. The average Bonchev–Trinajstić information content (AvgIpc) is 2.94. The second-order valence-corrected chi connectivity index (χ2v) is 6.95. The molecule has 0 saturated carbocycles. The molecule has 0 atom stereocenters. The van der Waals surface area contributed by atoms with Crippen molar-refractivity contribution < 1.29 is 4.74 Å². The van der Waals surface area contributed by atoms with E-state index in [-0.39, 0.29) is 0 Å². The predicted octanol–water partition coefficient (Wildman–Crippen LogP) is 3.42. The lowest BCUT2D eigenvalue weighted by atomic mass is 10.2. The van der Waals surface area contributed by atoms with Gasteiger partial charge in [0.05, 0.1) is 23.8 Å². The molecule has 0 fully saturated rings.